The molecule has 1 saturated heterocycles. The highest BCUT2D eigenvalue weighted by atomic mass is 79.9. The van der Waals surface area contributed by atoms with Crippen LogP contribution in [0, 0.1) is 5.92 Å². The molecule has 3 nitrogen and oxygen atoms in total. The number of halogens is 1. The molecule has 1 aromatic carbocycles. The Morgan fingerprint density at radius 1 is 1.45 bits per heavy atom. The van der Waals surface area contributed by atoms with Gasteiger partial charge in [0.05, 0.1) is 23.1 Å². The summed E-state index contributed by atoms with van der Waals surface area (Å²) in [6.45, 7) is 4.47. The van der Waals surface area contributed by atoms with E-state index < -0.39 is 0 Å². The number of anilines is 2. The molecule has 1 aliphatic rings. The van der Waals surface area contributed by atoms with E-state index in [1.54, 1.807) is 6.20 Å². The van der Waals surface area contributed by atoms with Crippen molar-refractivity contribution in [2.45, 2.75) is 26.2 Å². The SMILES string of the molecule is CCC1CCCN(c2c(N)cnc3ccc(Br)cc23)C1. The van der Waals surface area contributed by atoms with E-state index in [4.69, 9.17) is 5.73 Å². The summed E-state index contributed by atoms with van der Waals surface area (Å²) in [6.07, 6.45) is 5.61. The molecule has 1 aromatic heterocycles. The Morgan fingerprint density at radius 3 is 3.10 bits per heavy atom. The lowest BCUT2D eigenvalue weighted by Gasteiger charge is -2.35. The maximum Gasteiger partial charge on any atom is 0.0745 e. The number of piperidine rings is 1. The molecule has 106 valence electrons. The molecule has 0 amide bonds. The van der Waals surface area contributed by atoms with E-state index in [2.05, 4.69) is 38.8 Å². The number of benzene rings is 1. The van der Waals surface area contributed by atoms with Gasteiger partial charge in [0.25, 0.3) is 0 Å². The second kappa shape index (κ2) is 5.60. The number of rotatable bonds is 2. The largest absolute Gasteiger partial charge is 0.396 e. The van der Waals surface area contributed by atoms with Crippen molar-refractivity contribution in [1.82, 2.24) is 4.98 Å². The average molecular weight is 334 g/mol. The molecule has 2 heterocycles. The van der Waals surface area contributed by atoms with E-state index in [-0.39, 0.29) is 0 Å². The molecule has 20 heavy (non-hydrogen) atoms. The van der Waals surface area contributed by atoms with Crippen LogP contribution >= 0.6 is 15.9 Å². The second-order valence-electron chi connectivity index (χ2n) is 5.59. The van der Waals surface area contributed by atoms with Crippen LogP contribution in [0.4, 0.5) is 11.4 Å². The molecule has 0 saturated carbocycles. The molecule has 0 radical (unpaired) electrons. The van der Waals surface area contributed by atoms with Crippen molar-refractivity contribution in [3.63, 3.8) is 0 Å². The Bertz CT molecular complexity index is 621. The summed E-state index contributed by atoms with van der Waals surface area (Å²) in [7, 11) is 0. The molecule has 0 spiro atoms. The quantitative estimate of drug-likeness (QED) is 0.895. The monoisotopic (exact) mass is 333 g/mol. The first-order chi connectivity index (χ1) is 9.69. The van der Waals surface area contributed by atoms with Gasteiger partial charge < -0.3 is 10.6 Å². The summed E-state index contributed by atoms with van der Waals surface area (Å²) in [5.41, 5.74) is 9.19. The Morgan fingerprint density at radius 2 is 2.30 bits per heavy atom. The summed E-state index contributed by atoms with van der Waals surface area (Å²) >= 11 is 3.55. The van der Waals surface area contributed by atoms with Crippen LogP contribution in [0.1, 0.15) is 26.2 Å². The van der Waals surface area contributed by atoms with Crippen molar-refractivity contribution in [2.75, 3.05) is 23.7 Å². The van der Waals surface area contributed by atoms with Crippen molar-refractivity contribution in [3.05, 3.63) is 28.9 Å². The molecule has 2 aromatic rings. The van der Waals surface area contributed by atoms with Crippen LogP contribution in [0.5, 0.6) is 0 Å². The average Bonchev–Trinajstić information content (AvgIpc) is 2.47. The normalized spacial score (nSPS) is 19.5. The lowest BCUT2D eigenvalue weighted by Crippen LogP contribution is -2.35. The molecule has 2 N–H and O–H groups in total. The lowest BCUT2D eigenvalue weighted by molar-refractivity contribution is 0.405. The van der Waals surface area contributed by atoms with Gasteiger partial charge in [-0.1, -0.05) is 29.3 Å². The zero-order valence-electron chi connectivity index (χ0n) is 11.8. The standard InChI is InChI=1S/C16H20BrN3/c1-2-11-4-3-7-20(10-11)16-13-8-12(17)5-6-15(13)19-9-14(16)18/h5-6,8-9,11H,2-4,7,10,18H2,1H3. The Labute approximate surface area is 128 Å². The minimum atomic E-state index is 0.776. The molecule has 4 heteroatoms. The van der Waals surface area contributed by atoms with Crippen LogP contribution in [0.25, 0.3) is 10.9 Å². The highest BCUT2D eigenvalue weighted by Gasteiger charge is 2.22. The third-order valence-corrected chi connectivity index (χ3v) is 4.74. The molecule has 0 bridgehead atoms. The Hall–Kier alpha value is -1.29. The van der Waals surface area contributed by atoms with E-state index in [0.717, 1.165) is 45.8 Å². The van der Waals surface area contributed by atoms with Crippen LogP contribution in [0.15, 0.2) is 28.9 Å². The Kier molecular flexibility index (Phi) is 3.83. The summed E-state index contributed by atoms with van der Waals surface area (Å²) in [5, 5.41) is 1.15. The Balaban J connectivity index is 2.09. The summed E-state index contributed by atoms with van der Waals surface area (Å²) in [4.78, 5) is 6.89. The van der Waals surface area contributed by atoms with Gasteiger partial charge in [0.1, 0.15) is 0 Å². The minimum absolute atomic E-state index is 0.776. The number of pyridine rings is 1. The molecular weight excluding hydrogens is 314 g/mol. The van der Waals surface area contributed by atoms with E-state index in [1.165, 1.54) is 19.3 Å². The maximum absolute atomic E-state index is 6.23. The van der Waals surface area contributed by atoms with Gasteiger partial charge in [-0.3, -0.25) is 4.98 Å². The molecule has 1 fully saturated rings. The van der Waals surface area contributed by atoms with Gasteiger partial charge >= 0.3 is 0 Å². The van der Waals surface area contributed by atoms with Crippen LogP contribution in [0.3, 0.4) is 0 Å². The third-order valence-electron chi connectivity index (χ3n) is 4.24. The van der Waals surface area contributed by atoms with Crippen LogP contribution < -0.4 is 10.6 Å². The second-order valence-corrected chi connectivity index (χ2v) is 6.50. The smallest absolute Gasteiger partial charge is 0.0745 e. The van der Waals surface area contributed by atoms with E-state index in [0.29, 0.717) is 0 Å². The van der Waals surface area contributed by atoms with Gasteiger partial charge in [-0.25, -0.2) is 0 Å². The van der Waals surface area contributed by atoms with E-state index in [1.807, 2.05) is 12.1 Å². The van der Waals surface area contributed by atoms with Gasteiger partial charge in [0.15, 0.2) is 0 Å². The van der Waals surface area contributed by atoms with E-state index in [9.17, 15) is 0 Å². The van der Waals surface area contributed by atoms with Gasteiger partial charge in [-0.2, -0.15) is 0 Å². The number of nitrogens with two attached hydrogens (primary N) is 1. The lowest BCUT2D eigenvalue weighted by atomic mass is 9.94. The van der Waals surface area contributed by atoms with Gasteiger partial charge in [-0.05, 0) is 37.0 Å². The summed E-state index contributed by atoms with van der Waals surface area (Å²) in [5.74, 6) is 0.776. The van der Waals surface area contributed by atoms with Crippen molar-refractivity contribution in [1.29, 1.82) is 0 Å². The topological polar surface area (TPSA) is 42.1 Å². The van der Waals surface area contributed by atoms with E-state index >= 15 is 0 Å². The van der Waals surface area contributed by atoms with Gasteiger partial charge in [0, 0.05) is 22.9 Å². The fourth-order valence-electron chi connectivity index (χ4n) is 3.12. The maximum atomic E-state index is 6.23. The molecule has 1 unspecified atom stereocenters. The van der Waals surface area contributed by atoms with Crippen LogP contribution in [-0.2, 0) is 0 Å². The highest BCUT2D eigenvalue weighted by molar-refractivity contribution is 9.10. The summed E-state index contributed by atoms with van der Waals surface area (Å²) in [6, 6.07) is 6.20. The summed E-state index contributed by atoms with van der Waals surface area (Å²) < 4.78 is 1.07. The first-order valence-corrected chi connectivity index (χ1v) is 8.07. The number of hydrogen-bond acceptors (Lipinski definition) is 3. The van der Waals surface area contributed by atoms with Gasteiger partial charge in [0.2, 0.25) is 0 Å². The molecule has 1 atom stereocenters. The first kappa shape index (κ1) is 13.7. The number of hydrogen-bond donors (Lipinski definition) is 1. The van der Waals surface area contributed by atoms with Crippen LogP contribution in [0.2, 0.25) is 0 Å². The minimum Gasteiger partial charge on any atom is -0.396 e. The predicted octanol–water partition coefficient (Wildman–Crippen LogP) is 4.21. The number of fused-ring (bicyclic) bond motifs is 1. The predicted molar refractivity (Wildman–Crippen MR) is 89.1 cm³/mol. The number of aromatic nitrogens is 1. The zero-order chi connectivity index (χ0) is 14.1. The number of nitrogens with zero attached hydrogens (tertiary/aromatic N) is 2. The van der Waals surface area contributed by atoms with Gasteiger partial charge in [-0.15, -0.1) is 0 Å². The van der Waals surface area contributed by atoms with Crippen LogP contribution in [-0.4, -0.2) is 18.1 Å². The van der Waals surface area contributed by atoms with Crippen molar-refractivity contribution >= 4 is 38.2 Å². The fourth-order valence-corrected chi connectivity index (χ4v) is 3.48. The molecule has 1 aliphatic heterocycles. The van der Waals surface area contributed by atoms with Crippen molar-refractivity contribution < 1.29 is 0 Å². The molecule has 3 rings (SSSR count). The third kappa shape index (κ3) is 2.49. The molecular formula is C16H20BrN3. The first-order valence-electron chi connectivity index (χ1n) is 7.27. The highest BCUT2D eigenvalue weighted by Crippen LogP contribution is 2.35. The zero-order valence-corrected chi connectivity index (χ0v) is 13.4. The van der Waals surface area contributed by atoms with Crippen molar-refractivity contribution in [3.8, 4) is 0 Å². The van der Waals surface area contributed by atoms with Crippen molar-refractivity contribution in [2.24, 2.45) is 5.92 Å². The number of nitrogen functional groups attached to an aromatic ring is 1. The molecule has 0 aliphatic carbocycles. The fraction of sp³-hybridized carbons (Fsp3) is 0.438.